The number of thioether (sulfide) groups is 1. The van der Waals surface area contributed by atoms with Crippen molar-refractivity contribution in [2.75, 3.05) is 10.8 Å². The minimum atomic E-state index is 0.549. The fourth-order valence-corrected chi connectivity index (χ4v) is 3.11. The van der Waals surface area contributed by atoms with E-state index in [0.717, 1.165) is 5.88 Å². The molecule has 0 radical (unpaired) electrons. The lowest BCUT2D eigenvalue weighted by Gasteiger charge is -2.26. The summed E-state index contributed by atoms with van der Waals surface area (Å²) in [6.45, 7) is 8.97. The average Bonchev–Trinajstić information content (AvgIpc) is 2.60. The second kappa shape index (κ2) is 4.05. The summed E-state index contributed by atoms with van der Waals surface area (Å²) in [5.41, 5.74) is 2.80. The molecule has 1 aliphatic heterocycles. The largest absolute Gasteiger partial charge is 0.358 e. The quantitative estimate of drug-likeness (QED) is 0.762. The van der Waals surface area contributed by atoms with Gasteiger partial charge in [-0.25, -0.2) is 0 Å². The zero-order valence-corrected chi connectivity index (χ0v) is 10.6. The maximum Gasteiger partial charge on any atom is 0.0690 e. The van der Waals surface area contributed by atoms with Crippen LogP contribution in [0, 0.1) is 0 Å². The molecule has 0 amide bonds. The summed E-state index contributed by atoms with van der Waals surface area (Å²) in [7, 11) is 0. The summed E-state index contributed by atoms with van der Waals surface area (Å²) in [5, 5.41) is 0. The molecule has 0 saturated heterocycles. The van der Waals surface area contributed by atoms with E-state index in [0.29, 0.717) is 12.0 Å². The Morgan fingerprint density at radius 3 is 2.60 bits per heavy atom. The Morgan fingerprint density at radius 2 is 2.00 bits per heavy atom. The number of nitrogens with zero attached hydrogens (tertiary/aromatic N) is 2. The van der Waals surface area contributed by atoms with Gasteiger partial charge in [-0.15, -0.1) is 11.8 Å². The molecule has 1 aliphatic rings. The van der Waals surface area contributed by atoms with Gasteiger partial charge in [0, 0.05) is 18.4 Å². The van der Waals surface area contributed by atoms with Crippen LogP contribution in [0.5, 0.6) is 0 Å². The molecule has 1 aromatic heterocycles. The summed E-state index contributed by atoms with van der Waals surface area (Å²) in [6.07, 6.45) is 4.01. The lowest BCUT2D eigenvalue weighted by Crippen LogP contribution is -2.28. The molecule has 3 heteroatoms. The average molecular weight is 222 g/mol. The lowest BCUT2D eigenvalue weighted by atomic mass is 10.0. The highest BCUT2D eigenvalue weighted by molar-refractivity contribution is 7.99. The van der Waals surface area contributed by atoms with Crippen molar-refractivity contribution in [1.82, 2.24) is 4.98 Å². The van der Waals surface area contributed by atoms with Crippen LogP contribution in [0.3, 0.4) is 0 Å². The topological polar surface area (TPSA) is 16.1 Å². The van der Waals surface area contributed by atoms with E-state index in [2.05, 4.69) is 37.6 Å². The summed E-state index contributed by atoms with van der Waals surface area (Å²) in [5.74, 6) is 1.62. The van der Waals surface area contributed by atoms with E-state index in [9.17, 15) is 0 Å². The van der Waals surface area contributed by atoms with Crippen LogP contribution in [0.15, 0.2) is 17.3 Å². The summed E-state index contributed by atoms with van der Waals surface area (Å²) >= 11 is 1.90. The first kappa shape index (κ1) is 10.8. The van der Waals surface area contributed by atoms with Gasteiger partial charge in [0.2, 0.25) is 0 Å². The third-order valence-corrected chi connectivity index (χ3v) is 3.82. The fourth-order valence-electron chi connectivity index (χ4n) is 1.90. The molecule has 0 aliphatic carbocycles. The Labute approximate surface area is 96.1 Å². The first-order valence-electron chi connectivity index (χ1n) is 5.48. The fraction of sp³-hybridized carbons (Fsp3) is 0.583. The van der Waals surface area contributed by atoms with Crippen LogP contribution in [-0.2, 0) is 0 Å². The molecule has 2 nitrogen and oxygen atoms in total. The van der Waals surface area contributed by atoms with Crippen molar-refractivity contribution in [3.8, 4) is 0 Å². The van der Waals surface area contributed by atoms with Crippen LogP contribution < -0.4 is 4.90 Å². The molecule has 0 unspecified atom stereocenters. The van der Waals surface area contributed by atoms with E-state index in [1.165, 1.54) is 16.1 Å². The van der Waals surface area contributed by atoms with Gasteiger partial charge in [0.15, 0.2) is 0 Å². The first-order valence-corrected chi connectivity index (χ1v) is 6.47. The monoisotopic (exact) mass is 222 g/mol. The number of pyridine rings is 1. The molecule has 0 spiro atoms. The molecule has 0 fully saturated rings. The number of rotatable bonds is 2. The van der Waals surface area contributed by atoms with Crippen molar-refractivity contribution in [2.24, 2.45) is 0 Å². The van der Waals surface area contributed by atoms with E-state index in [1.807, 2.05) is 24.2 Å². The number of hydrogen-bond acceptors (Lipinski definition) is 3. The third kappa shape index (κ3) is 1.85. The molecule has 2 rings (SSSR count). The zero-order chi connectivity index (χ0) is 11.0. The van der Waals surface area contributed by atoms with Crippen molar-refractivity contribution in [3.63, 3.8) is 0 Å². The molecule has 0 N–H and O–H groups in total. The number of hydrogen-bond donors (Lipinski definition) is 0. The maximum absolute atomic E-state index is 4.32. The highest BCUT2D eigenvalue weighted by Crippen LogP contribution is 2.43. The molecule has 0 aromatic carbocycles. The second-order valence-electron chi connectivity index (χ2n) is 4.57. The molecule has 1 aromatic rings. The van der Waals surface area contributed by atoms with Crippen LogP contribution in [-0.4, -0.2) is 16.9 Å². The maximum atomic E-state index is 4.32. The van der Waals surface area contributed by atoms with Gasteiger partial charge in [0.05, 0.1) is 16.5 Å². The Balaban J connectivity index is 2.48. The van der Waals surface area contributed by atoms with E-state index >= 15 is 0 Å². The van der Waals surface area contributed by atoms with Gasteiger partial charge in [-0.1, -0.05) is 13.8 Å². The Bertz CT molecular complexity index is 361. The highest BCUT2D eigenvalue weighted by Gasteiger charge is 2.25. The SMILES string of the molecule is CC(C)c1cncc2c1N(C(C)C)CS2. The van der Waals surface area contributed by atoms with Gasteiger partial charge >= 0.3 is 0 Å². The minimum absolute atomic E-state index is 0.549. The van der Waals surface area contributed by atoms with Crippen LogP contribution in [0.4, 0.5) is 5.69 Å². The van der Waals surface area contributed by atoms with Gasteiger partial charge in [-0.05, 0) is 25.3 Å². The van der Waals surface area contributed by atoms with Gasteiger partial charge in [-0.3, -0.25) is 4.98 Å². The lowest BCUT2D eigenvalue weighted by molar-refractivity contribution is 0.730. The molecule has 15 heavy (non-hydrogen) atoms. The van der Waals surface area contributed by atoms with Crippen LogP contribution >= 0.6 is 11.8 Å². The zero-order valence-electron chi connectivity index (χ0n) is 9.82. The molecule has 82 valence electrons. The highest BCUT2D eigenvalue weighted by atomic mass is 32.2. The van der Waals surface area contributed by atoms with Crippen LogP contribution in [0.25, 0.3) is 0 Å². The Kier molecular flexibility index (Phi) is 2.91. The van der Waals surface area contributed by atoms with Crippen molar-refractivity contribution in [2.45, 2.75) is 44.6 Å². The van der Waals surface area contributed by atoms with E-state index in [1.54, 1.807) is 0 Å². The van der Waals surface area contributed by atoms with Crippen molar-refractivity contribution < 1.29 is 0 Å². The van der Waals surface area contributed by atoms with Gasteiger partial charge in [0.1, 0.15) is 0 Å². The minimum Gasteiger partial charge on any atom is -0.358 e. The number of anilines is 1. The summed E-state index contributed by atoms with van der Waals surface area (Å²) in [4.78, 5) is 8.14. The van der Waals surface area contributed by atoms with Gasteiger partial charge in [-0.2, -0.15) is 0 Å². The predicted octanol–water partition coefficient (Wildman–Crippen LogP) is 3.48. The molecule has 2 heterocycles. The second-order valence-corrected chi connectivity index (χ2v) is 5.55. The van der Waals surface area contributed by atoms with E-state index < -0.39 is 0 Å². The van der Waals surface area contributed by atoms with Crippen molar-refractivity contribution >= 4 is 17.4 Å². The van der Waals surface area contributed by atoms with Gasteiger partial charge < -0.3 is 4.90 Å². The Hall–Kier alpha value is -0.700. The van der Waals surface area contributed by atoms with Gasteiger partial charge in [0.25, 0.3) is 0 Å². The molecule has 0 bridgehead atoms. The molecule has 0 saturated carbocycles. The van der Waals surface area contributed by atoms with Crippen LogP contribution in [0.1, 0.15) is 39.2 Å². The number of aromatic nitrogens is 1. The van der Waals surface area contributed by atoms with E-state index in [4.69, 9.17) is 0 Å². The smallest absolute Gasteiger partial charge is 0.0690 e. The first-order chi connectivity index (χ1) is 7.11. The van der Waals surface area contributed by atoms with Crippen molar-refractivity contribution in [3.05, 3.63) is 18.0 Å². The predicted molar refractivity (Wildman–Crippen MR) is 66.7 cm³/mol. The van der Waals surface area contributed by atoms with E-state index in [-0.39, 0.29) is 0 Å². The molecular weight excluding hydrogens is 204 g/mol. The standard InChI is InChI=1S/C12H18N2S/c1-8(2)10-5-13-6-11-12(10)14(7-15-11)9(3)4/h5-6,8-9H,7H2,1-4H3. The Morgan fingerprint density at radius 1 is 1.27 bits per heavy atom. The van der Waals surface area contributed by atoms with Crippen molar-refractivity contribution in [1.29, 1.82) is 0 Å². The summed E-state index contributed by atoms with van der Waals surface area (Å²) in [6, 6.07) is 0.568. The third-order valence-electron chi connectivity index (χ3n) is 2.80. The normalized spacial score (nSPS) is 15.2. The molecular formula is C12H18N2S. The summed E-state index contributed by atoms with van der Waals surface area (Å²) < 4.78 is 0. The number of fused-ring (bicyclic) bond motifs is 1. The molecule has 0 atom stereocenters. The van der Waals surface area contributed by atoms with Crippen LogP contribution in [0.2, 0.25) is 0 Å².